The minimum absolute atomic E-state index is 0.780. The van der Waals surface area contributed by atoms with Crippen molar-refractivity contribution in [3.05, 3.63) is 18.0 Å². The third kappa shape index (κ3) is 2.83. The summed E-state index contributed by atoms with van der Waals surface area (Å²) in [6.07, 6.45) is 8.87. The smallest absolute Gasteiger partial charge is 0.0627 e. The lowest BCUT2D eigenvalue weighted by atomic mass is 9.89. The van der Waals surface area contributed by atoms with Crippen LogP contribution in [-0.4, -0.2) is 15.1 Å². The fourth-order valence-electron chi connectivity index (χ4n) is 2.62. The molecule has 0 aliphatic heterocycles. The third-order valence-corrected chi connectivity index (χ3v) is 4.34. The summed E-state index contributed by atoms with van der Waals surface area (Å²) in [6.45, 7) is 0. The quantitative estimate of drug-likeness (QED) is 0.769. The Morgan fingerprint density at radius 2 is 2.27 bits per heavy atom. The predicted molar refractivity (Wildman–Crippen MR) is 66.2 cm³/mol. The summed E-state index contributed by atoms with van der Waals surface area (Å²) in [7, 11) is 1.99. The Kier molecular flexibility index (Phi) is 3.84. The Balaban J connectivity index is 1.95. The number of hydrogen-bond donors (Lipinski definition) is 0. The van der Waals surface area contributed by atoms with Crippen molar-refractivity contribution in [1.82, 2.24) is 9.78 Å². The van der Waals surface area contributed by atoms with Crippen LogP contribution in [0.4, 0.5) is 0 Å². The zero-order valence-electron chi connectivity index (χ0n) is 9.32. The highest BCUT2D eigenvalue weighted by Crippen LogP contribution is 2.33. The van der Waals surface area contributed by atoms with Crippen molar-refractivity contribution in [2.24, 2.45) is 18.9 Å². The first-order chi connectivity index (χ1) is 7.29. The van der Waals surface area contributed by atoms with Crippen LogP contribution in [-0.2, 0) is 13.5 Å². The van der Waals surface area contributed by atoms with Crippen molar-refractivity contribution in [3.63, 3.8) is 0 Å². The van der Waals surface area contributed by atoms with Gasteiger partial charge in [0.05, 0.1) is 5.69 Å². The van der Waals surface area contributed by atoms with Crippen molar-refractivity contribution in [2.45, 2.75) is 32.1 Å². The van der Waals surface area contributed by atoms with Gasteiger partial charge >= 0.3 is 0 Å². The molecule has 1 atom stereocenters. The second-order valence-electron chi connectivity index (χ2n) is 4.64. The van der Waals surface area contributed by atoms with Crippen LogP contribution in [0, 0.1) is 11.8 Å². The molecule has 1 aliphatic carbocycles. The van der Waals surface area contributed by atoms with Crippen LogP contribution < -0.4 is 0 Å². The van der Waals surface area contributed by atoms with Crippen LogP contribution in [0.5, 0.6) is 0 Å². The number of alkyl halides is 1. The van der Waals surface area contributed by atoms with Gasteiger partial charge in [-0.05, 0) is 24.3 Å². The van der Waals surface area contributed by atoms with E-state index in [0.717, 1.165) is 23.6 Å². The van der Waals surface area contributed by atoms with Gasteiger partial charge in [-0.25, -0.2) is 0 Å². The highest BCUT2D eigenvalue weighted by atomic mass is 79.9. The second-order valence-corrected chi connectivity index (χ2v) is 5.29. The zero-order chi connectivity index (χ0) is 10.7. The molecule has 1 saturated carbocycles. The fourth-order valence-corrected chi connectivity index (χ4v) is 3.37. The van der Waals surface area contributed by atoms with Crippen molar-refractivity contribution in [2.75, 3.05) is 5.33 Å². The highest BCUT2D eigenvalue weighted by molar-refractivity contribution is 9.09. The molecule has 0 aromatic carbocycles. The molecular weight excluding hydrogens is 252 g/mol. The molecule has 0 bridgehead atoms. The van der Waals surface area contributed by atoms with E-state index in [0.29, 0.717) is 0 Å². The normalized spacial score (nSPS) is 19.6. The Morgan fingerprint density at radius 1 is 1.53 bits per heavy atom. The zero-order valence-corrected chi connectivity index (χ0v) is 10.9. The maximum absolute atomic E-state index is 4.47. The van der Waals surface area contributed by atoms with E-state index < -0.39 is 0 Å². The molecule has 15 heavy (non-hydrogen) atoms. The number of aryl methyl sites for hydroxylation is 1. The van der Waals surface area contributed by atoms with Gasteiger partial charge in [0, 0.05) is 18.6 Å². The van der Waals surface area contributed by atoms with E-state index in [1.54, 1.807) is 0 Å². The lowest BCUT2D eigenvalue weighted by molar-refractivity contribution is 0.369. The Hall–Kier alpha value is -0.310. The molecule has 1 aromatic rings. The molecule has 1 aliphatic rings. The van der Waals surface area contributed by atoms with Gasteiger partial charge in [0.15, 0.2) is 0 Å². The lowest BCUT2D eigenvalue weighted by Crippen LogP contribution is -2.16. The average Bonchev–Trinajstić information content (AvgIpc) is 2.85. The van der Waals surface area contributed by atoms with Crippen molar-refractivity contribution >= 4 is 15.9 Å². The van der Waals surface area contributed by atoms with E-state index in [1.165, 1.54) is 31.4 Å². The number of aromatic nitrogens is 2. The largest absolute Gasteiger partial charge is 0.276 e. The summed E-state index contributed by atoms with van der Waals surface area (Å²) in [4.78, 5) is 0. The summed E-state index contributed by atoms with van der Waals surface area (Å²) in [5.41, 5.74) is 1.24. The van der Waals surface area contributed by atoms with Gasteiger partial charge in [-0.3, -0.25) is 4.68 Å². The average molecular weight is 271 g/mol. The molecule has 0 saturated heterocycles. The van der Waals surface area contributed by atoms with E-state index in [-0.39, 0.29) is 0 Å². The third-order valence-electron chi connectivity index (χ3n) is 3.50. The topological polar surface area (TPSA) is 17.8 Å². The Morgan fingerprint density at radius 3 is 2.80 bits per heavy atom. The van der Waals surface area contributed by atoms with Crippen molar-refractivity contribution in [1.29, 1.82) is 0 Å². The summed E-state index contributed by atoms with van der Waals surface area (Å²) in [5, 5.41) is 5.58. The lowest BCUT2D eigenvalue weighted by Gasteiger charge is -2.19. The number of rotatable bonds is 4. The summed E-state index contributed by atoms with van der Waals surface area (Å²) >= 11 is 3.66. The maximum atomic E-state index is 4.47. The van der Waals surface area contributed by atoms with Gasteiger partial charge in [-0.2, -0.15) is 5.10 Å². The van der Waals surface area contributed by atoms with Crippen LogP contribution in [0.2, 0.25) is 0 Å². The Labute approximate surface area is 100 Å². The molecule has 0 N–H and O–H groups in total. The first-order valence-corrected chi connectivity index (χ1v) is 6.96. The first-order valence-electron chi connectivity index (χ1n) is 5.84. The van der Waals surface area contributed by atoms with E-state index in [9.17, 15) is 0 Å². The molecule has 0 spiro atoms. The number of hydrogen-bond acceptors (Lipinski definition) is 1. The van der Waals surface area contributed by atoms with Gasteiger partial charge in [-0.15, -0.1) is 0 Å². The van der Waals surface area contributed by atoms with Gasteiger partial charge < -0.3 is 0 Å². The monoisotopic (exact) mass is 270 g/mol. The molecule has 1 fully saturated rings. The molecule has 84 valence electrons. The Bertz CT molecular complexity index is 302. The van der Waals surface area contributed by atoms with E-state index in [1.807, 2.05) is 17.9 Å². The van der Waals surface area contributed by atoms with E-state index >= 15 is 0 Å². The molecule has 1 heterocycles. The predicted octanol–water partition coefficient (Wildman–Crippen LogP) is 3.16. The van der Waals surface area contributed by atoms with Crippen LogP contribution in [0.25, 0.3) is 0 Å². The summed E-state index contributed by atoms with van der Waals surface area (Å²) in [5.74, 6) is 1.70. The van der Waals surface area contributed by atoms with Gasteiger partial charge in [0.1, 0.15) is 0 Å². The van der Waals surface area contributed by atoms with Crippen molar-refractivity contribution < 1.29 is 0 Å². The van der Waals surface area contributed by atoms with Gasteiger partial charge in [-0.1, -0.05) is 41.6 Å². The summed E-state index contributed by atoms with van der Waals surface area (Å²) in [6, 6.07) is 2.14. The minimum atomic E-state index is 0.780. The second kappa shape index (κ2) is 5.15. The number of halogens is 1. The molecule has 2 rings (SSSR count). The van der Waals surface area contributed by atoms with Crippen LogP contribution in [0.15, 0.2) is 12.3 Å². The van der Waals surface area contributed by atoms with Crippen LogP contribution >= 0.6 is 15.9 Å². The van der Waals surface area contributed by atoms with Crippen LogP contribution in [0.1, 0.15) is 31.4 Å². The summed E-state index contributed by atoms with van der Waals surface area (Å²) < 4.78 is 1.90. The van der Waals surface area contributed by atoms with E-state index in [2.05, 4.69) is 27.1 Å². The highest BCUT2D eigenvalue weighted by Gasteiger charge is 2.24. The maximum Gasteiger partial charge on any atom is 0.0627 e. The SMILES string of the molecule is Cn1ccc(CC(CBr)C2CCCC2)n1. The molecule has 1 aromatic heterocycles. The standard InChI is InChI=1S/C12H19BrN2/c1-15-7-6-12(14-15)8-11(9-13)10-4-2-3-5-10/h6-7,10-11H,2-5,8-9H2,1H3. The van der Waals surface area contributed by atoms with Gasteiger partial charge in [0.2, 0.25) is 0 Å². The molecular formula is C12H19BrN2. The number of nitrogens with zero attached hydrogens (tertiary/aromatic N) is 2. The van der Waals surface area contributed by atoms with Gasteiger partial charge in [0.25, 0.3) is 0 Å². The minimum Gasteiger partial charge on any atom is -0.276 e. The fraction of sp³-hybridized carbons (Fsp3) is 0.750. The molecule has 2 nitrogen and oxygen atoms in total. The first kappa shape index (κ1) is 11.2. The van der Waals surface area contributed by atoms with E-state index in [4.69, 9.17) is 0 Å². The van der Waals surface area contributed by atoms with Crippen LogP contribution in [0.3, 0.4) is 0 Å². The van der Waals surface area contributed by atoms with Crippen molar-refractivity contribution in [3.8, 4) is 0 Å². The molecule has 1 unspecified atom stereocenters. The molecule has 0 radical (unpaired) electrons. The molecule has 0 amide bonds. The molecule has 3 heteroatoms.